The number of rotatable bonds is 4. The molecule has 2 atom stereocenters. The quantitative estimate of drug-likeness (QED) is 0.896. The van der Waals surface area contributed by atoms with Gasteiger partial charge in [0.25, 0.3) is 0 Å². The number of halogens is 2. The predicted octanol–water partition coefficient (Wildman–Crippen LogP) is 3.20. The van der Waals surface area contributed by atoms with Crippen LogP contribution in [0.5, 0.6) is 0 Å². The van der Waals surface area contributed by atoms with E-state index < -0.39 is 0 Å². The number of aliphatic hydroxyl groups is 1. The zero-order chi connectivity index (χ0) is 14.8. The first-order valence-electron chi connectivity index (χ1n) is 6.79. The second-order valence-corrected chi connectivity index (χ2v) is 6.56. The number of amides is 1. The molecule has 1 aliphatic carbocycles. The van der Waals surface area contributed by atoms with Crippen LogP contribution in [0.15, 0.2) is 18.2 Å². The maximum atomic E-state index is 12.1. The fourth-order valence-electron chi connectivity index (χ4n) is 2.75. The molecule has 1 amide bonds. The van der Waals surface area contributed by atoms with Crippen molar-refractivity contribution in [1.82, 2.24) is 5.32 Å². The van der Waals surface area contributed by atoms with Gasteiger partial charge >= 0.3 is 0 Å². The van der Waals surface area contributed by atoms with Gasteiger partial charge in [0, 0.05) is 11.5 Å². The number of hydrogen-bond acceptors (Lipinski definition) is 2. The van der Waals surface area contributed by atoms with Crippen LogP contribution in [0.2, 0.25) is 10.0 Å². The first-order valence-corrected chi connectivity index (χ1v) is 7.54. The van der Waals surface area contributed by atoms with Crippen LogP contribution in [-0.4, -0.2) is 23.7 Å². The Balaban J connectivity index is 1.97. The molecule has 0 saturated heterocycles. The molecule has 0 aliphatic heterocycles. The van der Waals surface area contributed by atoms with E-state index in [1.807, 2.05) is 6.92 Å². The minimum Gasteiger partial charge on any atom is -0.396 e. The van der Waals surface area contributed by atoms with E-state index in [4.69, 9.17) is 23.2 Å². The van der Waals surface area contributed by atoms with Crippen molar-refractivity contribution in [2.24, 2.45) is 5.41 Å². The normalized spacial score (nSPS) is 25.7. The molecule has 2 N–H and O–H groups in total. The van der Waals surface area contributed by atoms with Crippen LogP contribution < -0.4 is 5.32 Å². The molecule has 0 spiro atoms. The van der Waals surface area contributed by atoms with Gasteiger partial charge in [-0.25, -0.2) is 0 Å². The molecule has 0 radical (unpaired) electrons. The third-order valence-corrected chi connectivity index (χ3v) is 4.87. The Morgan fingerprint density at radius 3 is 2.85 bits per heavy atom. The average molecular weight is 316 g/mol. The molecule has 1 saturated carbocycles. The molecule has 3 nitrogen and oxygen atoms in total. The van der Waals surface area contributed by atoms with E-state index in [0.29, 0.717) is 10.0 Å². The summed E-state index contributed by atoms with van der Waals surface area (Å²) in [5.41, 5.74) is 0.633. The molecule has 1 aromatic carbocycles. The minimum absolute atomic E-state index is 0.0442. The molecular formula is C15H19Cl2NO2. The Bertz CT molecular complexity index is 507. The summed E-state index contributed by atoms with van der Waals surface area (Å²) in [5, 5.41) is 13.5. The third-order valence-electron chi connectivity index (χ3n) is 4.13. The van der Waals surface area contributed by atoms with Gasteiger partial charge < -0.3 is 10.4 Å². The van der Waals surface area contributed by atoms with Gasteiger partial charge in [0.2, 0.25) is 5.91 Å². The molecular weight excluding hydrogens is 297 g/mol. The molecule has 5 heteroatoms. The summed E-state index contributed by atoms with van der Waals surface area (Å²) in [7, 11) is 0. The zero-order valence-corrected chi connectivity index (χ0v) is 13.0. The topological polar surface area (TPSA) is 49.3 Å². The van der Waals surface area contributed by atoms with Crippen LogP contribution in [0, 0.1) is 5.41 Å². The second-order valence-electron chi connectivity index (χ2n) is 5.75. The molecule has 0 bridgehead atoms. The highest BCUT2D eigenvalue weighted by Crippen LogP contribution is 2.37. The Hall–Kier alpha value is -0.770. The van der Waals surface area contributed by atoms with Crippen molar-refractivity contribution in [3.63, 3.8) is 0 Å². The van der Waals surface area contributed by atoms with Crippen LogP contribution in [0.3, 0.4) is 0 Å². The van der Waals surface area contributed by atoms with Crippen molar-refractivity contribution < 1.29 is 9.90 Å². The predicted molar refractivity (Wildman–Crippen MR) is 81.1 cm³/mol. The second kappa shape index (κ2) is 6.33. The number of benzene rings is 1. The van der Waals surface area contributed by atoms with Gasteiger partial charge in [-0.2, -0.15) is 0 Å². The molecule has 2 rings (SSSR count). The summed E-state index contributed by atoms with van der Waals surface area (Å²) in [6, 6.07) is 5.25. The third kappa shape index (κ3) is 3.46. The van der Waals surface area contributed by atoms with Crippen molar-refractivity contribution in [1.29, 1.82) is 0 Å². The molecule has 20 heavy (non-hydrogen) atoms. The van der Waals surface area contributed by atoms with Gasteiger partial charge in [0.15, 0.2) is 0 Å². The highest BCUT2D eigenvalue weighted by Gasteiger charge is 2.38. The fourth-order valence-corrected chi connectivity index (χ4v) is 3.07. The standard InChI is InChI=1S/C15H19Cl2NO2/c1-15(9-19)6-2-3-13(15)18-14(20)8-10-4-5-11(16)12(17)7-10/h4-5,7,13,19H,2-3,6,8-9H2,1H3,(H,18,20). The summed E-state index contributed by atoms with van der Waals surface area (Å²) < 4.78 is 0. The fraction of sp³-hybridized carbons (Fsp3) is 0.533. The van der Waals surface area contributed by atoms with E-state index in [0.717, 1.165) is 24.8 Å². The van der Waals surface area contributed by atoms with Crippen molar-refractivity contribution in [2.45, 2.75) is 38.6 Å². The largest absolute Gasteiger partial charge is 0.396 e. The Morgan fingerprint density at radius 1 is 1.45 bits per heavy atom. The molecule has 1 aliphatic rings. The summed E-state index contributed by atoms with van der Waals surface area (Å²) in [6.07, 6.45) is 3.18. The van der Waals surface area contributed by atoms with E-state index in [2.05, 4.69) is 5.32 Å². The van der Waals surface area contributed by atoms with E-state index in [1.165, 1.54) is 0 Å². The van der Waals surface area contributed by atoms with Crippen molar-refractivity contribution >= 4 is 29.1 Å². The van der Waals surface area contributed by atoms with Crippen molar-refractivity contribution in [2.75, 3.05) is 6.61 Å². The highest BCUT2D eigenvalue weighted by atomic mass is 35.5. The minimum atomic E-state index is -0.201. The van der Waals surface area contributed by atoms with E-state index in [9.17, 15) is 9.90 Å². The number of hydrogen-bond donors (Lipinski definition) is 2. The van der Waals surface area contributed by atoms with Crippen molar-refractivity contribution in [3.8, 4) is 0 Å². The Kier molecular flexibility index (Phi) is 4.95. The average Bonchev–Trinajstić information content (AvgIpc) is 2.76. The molecule has 2 unspecified atom stereocenters. The summed E-state index contributed by atoms with van der Waals surface area (Å²) in [5.74, 6) is -0.0463. The van der Waals surface area contributed by atoms with E-state index in [1.54, 1.807) is 18.2 Å². The SMILES string of the molecule is CC1(CO)CCCC1NC(=O)Cc1ccc(Cl)c(Cl)c1. The lowest BCUT2D eigenvalue weighted by Gasteiger charge is -2.30. The monoisotopic (exact) mass is 315 g/mol. The first kappa shape index (κ1) is 15.6. The van der Waals surface area contributed by atoms with Crippen LogP contribution in [0.1, 0.15) is 31.7 Å². The maximum Gasteiger partial charge on any atom is 0.224 e. The maximum absolute atomic E-state index is 12.1. The molecule has 0 heterocycles. The van der Waals surface area contributed by atoms with Gasteiger partial charge in [0.05, 0.1) is 23.1 Å². The smallest absolute Gasteiger partial charge is 0.224 e. The van der Waals surface area contributed by atoms with Gasteiger partial charge in [-0.15, -0.1) is 0 Å². The highest BCUT2D eigenvalue weighted by molar-refractivity contribution is 6.42. The number of nitrogens with one attached hydrogen (secondary N) is 1. The molecule has 110 valence electrons. The number of carbonyl (C=O) groups excluding carboxylic acids is 1. The van der Waals surface area contributed by atoms with Crippen molar-refractivity contribution in [3.05, 3.63) is 33.8 Å². The lowest BCUT2D eigenvalue weighted by molar-refractivity contribution is -0.122. The summed E-state index contributed by atoms with van der Waals surface area (Å²) in [6.45, 7) is 2.12. The van der Waals surface area contributed by atoms with Crippen LogP contribution in [-0.2, 0) is 11.2 Å². The van der Waals surface area contributed by atoms with E-state index >= 15 is 0 Å². The lowest BCUT2D eigenvalue weighted by Crippen LogP contribution is -2.45. The van der Waals surface area contributed by atoms with Crippen LogP contribution >= 0.6 is 23.2 Å². The van der Waals surface area contributed by atoms with Gasteiger partial charge in [-0.3, -0.25) is 4.79 Å². The lowest BCUT2D eigenvalue weighted by atomic mass is 9.85. The van der Waals surface area contributed by atoms with Crippen LogP contribution in [0.25, 0.3) is 0 Å². The Morgan fingerprint density at radius 2 is 2.20 bits per heavy atom. The number of aliphatic hydroxyl groups excluding tert-OH is 1. The summed E-state index contributed by atoms with van der Waals surface area (Å²) >= 11 is 11.8. The zero-order valence-electron chi connectivity index (χ0n) is 11.5. The van der Waals surface area contributed by atoms with Gasteiger partial charge in [-0.05, 0) is 30.5 Å². The van der Waals surface area contributed by atoms with Crippen LogP contribution in [0.4, 0.5) is 0 Å². The summed E-state index contributed by atoms with van der Waals surface area (Å²) in [4.78, 5) is 12.1. The molecule has 1 aromatic rings. The van der Waals surface area contributed by atoms with Gasteiger partial charge in [0.1, 0.15) is 0 Å². The van der Waals surface area contributed by atoms with Gasteiger partial charge in [-0.1, -0.05) is 42.6 Å². The molecule has 1 fully saturated rings. The van der Waals surface area contributed by atoms with E-state index in [-0.39, 0.29) is 30.4 Å². The number of carbonyl (C=O) groups is 1. The Labute approximate surface area is 129 Å². The first-order chi connectivity index (χ1) is 9.44. The molecule has 0 aromatic heterocycles.